The average Bonchev–Trinajstić information content (AvgIpc) is 2.98. The van der Waals surface area contributed by atoms with Gasteiger partial charge in [-0.1, -0.05) is 11.6 Å². The summed E-state index contributed by atoms with van der Waals surface area (Å²) < 4.78 is 48.7. The lowest BCUT2D eigenvalue weighted by atomic mass is 10.1. The van der Waals surface area contributed by atoms with Crippen LogP contribution in [-0.4, -0.2) is 48.1 Å². The first-order chi connectivity index (χ1) is 11.3. The van der Waals surface area contributed by atoms with Gasteiger partial charge in [0.05, 0.1) is 25.4 Å². The van der Waals surface area contributed by atoms with Gasteiger partial charge in [0.15, 0.2) is 5.69 Å². The number of rotatable bonds is 5. The maximum atomic E-state index is 12.5. The van der Waals surface area contributed by atoms with Crippen LogP contribution in [-0.2, 0) is 15.7 Å². The zero-order valence-electron chi connectivity index (χ0n) is 13.4. The molecule has 2 N–H and O–H groups in total. The molecule has 0 radical (unpaired) electrons. The van der Waals surface area contributed by atoms with Crippen molar-refractivity contribution in [3.8, 4) is 0 Å². The molecule has 1 aliphatic heterocycles. The molecule has 24 heavy (non-hydrogen) atoms. The molecule has 134 valence electrons. The lowest BCUT2D eigenvalue weighted by Crippen LogP contribution is -2.50. The summed E-state index contributed by atoms with van der Waals surface area (Å²) in [5.74, 6) is -0.701. The van der Waals surface area contributed by atoms with E-state index in [1.807, 2.05) is 25.0 Å². The number of alkyl halides is 3. The fourth-order valence-corrected chi connectivity index (χ4v) is 2.22. The number of aromatic amines is 1. The summed E-state index contributed by atoms with van der Waals surface area (Å²) in [5, 5.41) is 7.85. The van der Waals surface area contributed by atoms with E-state index in [0.717, 1.165) is 5.57 Å². The van der Waals surface area contributed by atoms with Gasteiger partial charge in [0.2, 0.25) is 0 Å². The van der Waals surface area contributed by atoms with Gasteiger partial charge >= 0.3 is 6.18 Å². The first-order valence-corrected chi connectivity index (χ1v) is 7.53. The Morgan fingerprint density at radius 2 is 2.29 bits per heavy atom. The Kier molecular flexibility index (Phi) is 6.00. The average molecular weight is 347 g/mol. The molecule has 2 atom stereocenters. The van der Waals surface area contributed by atoms with Crippen molar-refractivity contribution in [2.75, 3.05) is 19.8 Å². The van der Waals surface area contributed by atoms with Gasteiger partial charge in [0.25, 0.3) is 5.91 Å². The predicted molar refractivity (Wildman–Crippen MR) is 79.5 cm³/mol. The van der Waals surface area contributed by atoms with Crippen molar-refractivity contribution in [1.29, 1.82) is 0 Å². The second-order valence-corrected chi connectivity index (χ2v) is 5.76. The molecule has 0 bridgehead atoms. The van der Waals surface area contributed by atoms with Crippen LogP contribution in [0.15, 0.2) is 17.7 Å². The number of carbonyl (C=O) groups excluding carboxylic acids is 1. The van der Waals surface area contributed by atoms with Gasteiger partial charge in [-0.3, -0.25) is 9.89 Å². The van der Waals surface area contributed by atoms with Crippen molar-refractivity contribution in [1.82, 2.24) is 15.5 Å². The monoisotopic (exact) mass is 347 g/mol. The Balaban J connectivity index is 1.97. The zero-order chi connectivity index (χ0) is 17.7. The van der Waals surface area contributed by atoms with Crippen molar-refractivity contribution < 1.29 is 27.4 Å². The lowest BCUT2D eigenvalue weighted by Gasteiger charge is -2.31. The second kappa shape index (κ2) is 7.80. The molecule has 0 saturated carbocycles. The van der Waals surface area contributed by atoms with E-state index in [1.165, 1.54) is 0 Å². The minimum atomic E-state index is -4.57. The number of halogens is 3. The third kappa shape index (κ3) is 5.07. The number of allylic oxidation sites excluding steroid dienone is 1. The van der Waals surface area contributed by atoms with E-state index < -0.39 is 23.8 Å². The van der Waals surface area contributed by atoms with E-state index in [-0.39, 0.29) is 18.4 Å². The molecule has 1 aromatic heterocycles. The molecule has 1 saturated heterocycles. The summed E-state index contributed by atoms with van der Waals surface area (Å²) in [7, 11) is 0. The maximum absolute atomic E-state index is 12.5. The number of aromatic nitrogens is 2. The normalized spacial score (nSPS) is 21.4. The third-order valence-corrected chi connectivity index (χ3v) is 3.53. The first-order valence-electron chi connectivity index (χ1n) is 7.53. The highest BCUT2D eigenvalue weighted by molar-refractivity contribution is 5.92. The van der Waals surface area contributed by atoms with Gasteiger partial charge in [-0.15, -0.1) is 0 Å². The summed E-state index contributed by atoms with van der Waals surface area (Å²) in [4.78, 5) is 12.1. The summed E-state index contributed by atoms with van der Waals surface area (Å²) in [6.07, 6.45) is -2.33. The zero-order valence-corrected chi connectivity index (χ0v) is 13.4. The second-order valence-electron chi connectivity index (χ2n) is 5.76. The smallest absolute Gasteiger partial charge is 0.379 e. The number of ether oxygens (including phenoxy) is 2. The van der Waals surface area contributed by atoms with Crippen LogP contribution < -0.4 is 5.32 Å². The van der Waals surface area contributed by atoms with Crippen LogP contribution in [0, 0.1) is 0 Å². The van der Waals surface area contributed by atoms with Crippen molar-refractivity contribution in [2.45, 2.75) is 38.6 Å². The number of hydrogen-bond acceptors (Lipinski definition) is 4. The topological polar surface area (TPSA) is 76.2 Å². The number of amides is 1. The predicted octanol–water partition coefficient (Wildman–Crippen LogP) is 2.30. The van der Waals surface area contributed by atoms with Crippen LogP contribution in [0.3, 0.4) is 0 Å². The van der Waals surface area contributed by atoms with E-state index in [2.05, 4.69) is 10.4 Å². The van der Waals surface area contributed by atoms with Crippen LogP contribution in [0.5, 0.6) is 0 Å². The van der Waals surface area contributed by atoms with Gasteiger partial charge in [0, 0.05) is 12.7 Å². The van der Waals surface area contributed by atoms with Crippen molar-refractivity contribution in [3.05, 3.63) is 29.1 Å². The Hall–Kier alpha value is -1.87. The van der Waals surface area contributed by atoms with Gasteiger partial charge < -0.3 is 14.8 Å². The fourth-order valence-electron chi connectivity index (χ4n) is 2.22. The minimum absolute atomic E-state index is 0.238. The van der Waals surface area contributed by atoms with Crippen molar-refractivity contribution in [2.24, 2.45) is 0 Å². The molecule has 0 unspecified atom stereocenters. The van der Waals surface area contributed by atoms with Crippen molar-refractivity contribution in [3.63, 3.8) is 0 Å². The van der Waals surface area contributed by atoms with E-state index >= 15 is 0 Å². The summed E-state index contributed by atoms with van der Waals surface area (Å²) in [5.41, 5.74) is -0.279. The third-order valence-electron chi connectivity index (χ3n) is 3.53. The van der Waals surface area contributed by atoms with Crippen LogP contribution >= 0.6 is 0 Å². The molecule has 1 fully saturated rings. The SMILES string of the molecule is CC(C)=CCO[C@@H]1CCOC[C@@H]1NC(=O)c1cc(C(F)(F)F)[nH]n1. The van der Waals surface area contributed by atoms with Crippen LogP contribution in [0.25, 0.3) is 0 Å². The van der Waals surface area contributed by atoms with Gasteiger partial charge in [-0.2, -0.15) is 18.3 Å². The largest absolute Gasteiger partial charge is 0.432 e. The molecule has 6 nitrogen and oxygen atoms in total. The molecular weight excluding hydrogens is 327 g/mol. The Labute approximate surface area is 137 Å². The highest BCUT2D eigenvalue weighted by atomic mass is 19.4. The molecule has 0 aliphatic carbocycles. The van der Waals surface area contributed by atoms with E-state index in [9.17, 15) is 18.0 Å². The van der Waals surface area contributed by atoms with Crippen LogP contribution in [0.2, 0.25) is 0 Å². The van der Waals surface area contributed by atoms with Gasteiger partial charge in [-0.05, 0) is 20.3 Å². The van der Waals surface area contributed by atoms with E-state index in [4.69, 9.17) is 9.47 Å². The van der Waals surface area contributed by atoms with E-state index in [0.29, 0.717) is 25.7 Å². The Morgan fingerprint density at radius 1 is 1.54 bits per heavy atom. The summed E-state index contributed by atoms with van der Waals surface area (Å²) >= 11 is 0. The highest BCUT2D eigenvalue weighted by Gasteiger charge is 2.34. The van der Waals surface area contributed by atoms with Crippen LogP contribution in [0.4, 0.5) is 13.2 Å². The minimum Gasteiger partial charge on any atom is -0.379 e. The summed E-state index contributed by atoms with van der Waals surface area (Å²) in [6, 6.07) is 0.237. The number of nitrogens with zero attached hydrogens (tertiary/aromatic N) is 1. The molecule has 0 spiro atoms. The molecule has 1 aromatic rings. The Morgan fingerprint density at radius 3 is 2.92 bits per heavy atom. The molecule has 2 rings (SSSR count). The first kappa shape index (κ1) is 18.5. The molecular formula is C15H20F3N3O3. The van der Waals surface area contributed by atoms with E-state index in [1.54, 1.807) is 0 Å². The number of hydrogen-bond donors (Lipinski definition) is 2. The standard InChI is InChI=1S/C15H20F3N3O3/c1-9(2)3-6-24-12-4-5-23-8-11(12)19-14(22)10-7-13(21-20-10)15(16,17)18/h3,7,11-12H,4-6,8H2,1-2H3,(H,19,22)(H,20,21)/t11-,12+/m0/s1. The van der Waals surface area contributed by atoms with Crippen LogP contribution in [0.1, 0.15) is 36.5 Å². The highest BCUT2D eigenvalue weighted by Crippen LogP contribution is 2.27. The summed E-state index contributed by atoms with van der Waals surface area (Å²) in [6.45, 7) is 5.04. The van der Waals surface area contributed by atoms with Crippen molar-refractivity contribution >= 4 is 5.91 Å². The quantitative estimate of drug-likeness (QED) is 0.802. The number of carbonyl (C=O) groups is 1. The van der Waals surface area contributed by atoms with Gasteiger partial charge in [0.1, 0.15) is 5.69 Å². The number of nitrogens with one attached hydrogen (secondary N) is 2. The van der Waals surface area contributed by atoms with Gasteiger partial charge in [-0.25, -0.2) is 0 Å². The lowest BCUT2D eigenvalue weighted by molar-refractivity contribution is -0.141. The molecule has 1 amide bonds. The fraction of sp³-hybridized carbons (Fsp3) is 0.600. The molecule has 0 aromatic carbocycles. The molecule has 2 heterocycles. The number of H-pyrrole nitrogens is 1. The maximum Gasteiger partial charge on any atom is 0.432 e. The molecule has 9 heteroatoms. The molecule has 1 aliphatic rings. The Bertz CT molecular complexity index is 594.